The van der Waals surface area contributed by atoms with Gasteiger partial charge in [-0.15, -0.1) is 0 Å². The van der Waals surface area contributed by atoms with E-state index >= 15 is 0 Å². The average molecular weight is 226 g/mol. The predicted octanol–water partition coefficient (Wildman–Crippen LogP) is 3.48. The number of hydrogen-bond acceptors (Lipinski definition) is 2. The first-order valence-electron chi connectivity index (χ1n) is 5.42. The number of aryl methyl sites for hydroxylation is 1. The van der Waals surface area contributed by atoms with Gasteiger partial charge in [-0.2, -0.15) is 0 Å². The van der Waals surface area contributed by atoms with Gasteiger partial charge in [-0.3, -0.25) is 4.79 Å². The minimum Gasteiger partial charge on any atom is -0.466 e. The highest BCUT2D eigenvalue weighted by atomic mass is 19.1. The molecule has 0 aliphatic carbocycles. The second-order valence-corrected chi connectivity index (χ2v) is 3.44. The Morgan fingerprint density at radius 3 is 2.38 bits per heavy atom. The number of benzene rings is 1. The molecule has 0 fully saturated rings. The van der Waals surface area contributed by atoms with Gasteiger partial charge >= 0.3 is 5.97 Å². The van der Waals surface area contributed by atoms with Gasteiger partial charge in [-0.1, -0.05) is 31.5 Å². The Morgan fingerprint density at radius 1 is 1.38 bits per heavy atom. The molecule has 0 atom stereocenters. The van der Waals surface area contributed by atoms with Gasteiger partial charge in [0.1, 0.15) is 5.82 Å². The second-order valence-electron chi connectivity index (χ2n) is 3.44. The Bertz CT molecular complexity index is 290. The molecule has 0 saturated carbocycles. The number of unbranched alkanes of at least 4 members (excludes halogenated alkanes) is 1. The number of hydrogen-bond donors (Lipinski definition) is 0. The standard InChI is InChI=1S/C7H7F.C6H12O2/c1-6-4-2-3-5-7(6)8;1-3-4-5-8-6(2)7/h2-5H,1H3;3-5H2,1-2H3. The number of halogens is 1. The maximum Gasteiger partial charge on any atom is 0.302 e. The van der Waals surface area contributed by atoms with Crippen molar-refractivity contribution in [1.29, 1.82) is 0 Å². The van der Waals surface area contributed by atoms with Gasteiger partial charge in [0.05, 0.1) is 6.61 Å². The first-order valence-corrected chi connectivity index (χ1v) is 5.42. The predicted molar refractivity (Wildman–Crippen MR) is 62.7 cm³/mol. The van der Waals surface area contributed by atoms with Crippen LogP contribution in [0.25, 0.3) is 0 Å². The van der Waals surface area contributed by atoms with E-state index in [9.17, 15) is 9.18 Å². The molecule has 3 heteroatoms. The van der Waals surface area contributed by atoms with Crippen LogP contribution >= 0.6 is 0 Å². The highest BCUT2D eigenvalue weighted by Gasteiger charge is 1.89. The minimum absolute atomic E-state index is 0.132. The highest BCUT2D eigenvalue weighted by Crippen LogP contribution is 2.01. The van der Waals surface area contributed by atoms with Gasteiger partial charge in [0.15, 0.2) is 0 Å². The molecule has 0 saturated heterocycles. The van der Waals surface area contributed by atoms with Crippen LogP contribution in [0.1, 0.15) is 32.3 Å². The number of rotatable bonds is 3. The number of esters is 1. The van der Waals surface area contributed by atoms with Crippen molar-refractivity contribution >= 4 is 5.97 Å². The summed E-state index contributed by atoms with van der Waals surface area (Å²) >= 11 is 0. The summed E-state index contributed by atoms with van der Waals surface area (Å²) in [4.78, 5) is 10.1. The molecular weight excluding hydrogens is 207 g/mol. The first kappa shape index (κ1) is 14.6. The van der Waals surface area contributed by atoms with Crippen molar-refractivity contribution in [3.05, 3.63) is 35.6 Å². The molecule has 90 valence electrons. The van der Waals surface area contributed by atoms with Crippen molar-refractivity contribution in [3.8, 4) is 0 Å². The monoisotopic (exact) mass is 226 g/mol. The number of ether oxygens (including phenoxy) is 1. The van der Waals surface area contributed by atoms with Crippen LogP contribution in [0, 0.1) is 12.7 Å². The lowest BCUT2D eigenvalue weighted by atomic mass is 10.2. The van der Waals surface area contributed by atoms with Crippen LogP contribution in [0.15, 0.2) is 24.3 Å². The summed E-state index contributed by atoms with van der Waals surface area (Å²) in [6, 6.07) is 6.70. The molecule has 0 N–H and O–H groups in total. The van der Waals surface area contributed by atoms with E-state index in [1.165, 1.54) is 13.0 Å². The molecule has 16 heavy (non-hydrogen) atoms. The van der Waals surface area contributed by atoms with Crippen molar-refractivity contribution in [1.82, 2.24) is 0 Å². The van der Waals surface area contributed by atoms with Crippen molar-refractivity contribution in [2.45, 2.75) is 33.6 Å². The van der Waals surface area contributed by atoms with Gasteiger partial charge in [0, 0.05) is 6.92 Å². The van der Waals surface area contributed by atoms with E-state index in [1.807, 2.05) is 6.07 Å². The molecule has 1 aromatic carbocycles. The Kier molecular flexibility index (Phi) is 8.12. The Morgan fingerprint density at radius 2 is 2.00 bits per heavy atom. The highest BCUT2D eigenvalue weighted by molar-refractivity contribution is 5.65. The van der Waals surface area contributed by atoms with Crippen molar-refractivity contribution in [2.75, 3.05) is 6.61 Å². The SMILES string of the molecule is CCCCOC(C)=O.Cc1ccccc1F. The summed E-state index contributed by atoms with van der Waals surface area (Å²) in [6.45, 7) is 5.81. The van der Waals surface area contributed by atoms with Crippen LogP contribution in [0.4, 0.5) is 4.39 Å². The normalized spacial score (nSPS) is 9.00. The fourth-order valence-corrected chi connectivity index (χ4v) is 0.911. The molecule has 0 heterocycles. The van der Waals surface area contributed by atoms with Gasteiger partial charge in [0.2, 0.25) is 0 Å². The van der Waals surface area contributed by atoms with Gasteiger partial charge in [-0.05, 0) is 25.0 Å². The van der Waals surface area contributed by atoms with E-state index in [2.05, 4.69) is 11.7 Å². The molecule has 0 aliphatic heterocycles. The summed E-state index contributed by atoms with van der Waals surface area (Å²) in [5.74, 6) is -0.314. The van der Waals surface area contributed by atoms with Gasteiger partial charge in [0.25, 0.3) is 0 Å². The van der Waals surface area contributed by atoms with E-state index < -0.39 is 0 Å². The number of carbonyl (C=O) groups is 1. The average Bonchev–Trinajstić information content (AvgIpc) is 2.23. The van der Waals surface area contributed by atoms with Crippen LogP contribution in [0.2, 0.25) is 0 Å². The molecule has 0 radical (unpaired) electrons. The third kappa shape index (κ3) is 7.97. The van der Waals surface area contributed by atoms with E-state index in [0.717, 1.165) is 12.8 Å². The van der Waals surface area contributed by atoms with Crippen LogP contribution in [0.5, 0.6) is 0 Å². The lowest BCUT2D eigenvalue weighted by Gasteiger charge is -1.96. The van der Waals surface area contributed by atoms with Crippen molar-refractivity contribution in [2.24, 2.45) is 0 Å². The van der Waals surface area contributed by atoms with Crippen molar-refractivity contribution < 1.29 is 13.9 Å². The molecule has 1 aromatic rings. The molecule has 0 amide bonds. The summed E-state index contributed by atoms with van der Waals surface area (Å²) in [7, 11) is 0. The lowest BCUT2D eigenvalue weighted by Crippen LogP contribution is -1.99. The third-order valence-corrected chi connectivity index (χ3v) is 1.88. The molecule has 0 bridgehead atoms. The van der Waals surface area contributed by atoms with Crippen molar-refractivity contribution in [3.63, 3.8) is 0 Å². The van der Waals surface area contributed by atoms with Crippen LogP contribution in [-0.2, 0) is 9.53 Å². The summed E-state index contributed by atoms with van der Waals surface area (Å²) in [5, 5.41) is 0. The van der Waals surface area contributed by atoms with Crippen LogP contribution < -0.4 is 0 Å². The maximum atomic E-state index is 12.3. The smallest absolute Gasteiger partial charge is 0.302 e. The van der Waals surface area contributed by atoms with E-state index in [0.29, 0.717) is 12.2 Å². The van der Waals surface area contributed by atoms with Crippen LogP contribution in [0.3, 0.4) is 0 Å². The summed E-state index contributed by atoms with van der Waals surface area (Å²) in [5.41, 5.74) is 0.701. The lowest BCUT2D eigenvalue weighted by molar-refractivity contribution is -0.141. The first-order chi connectivity index (χ1) is 7.57. The number of carbonyl (C=O) groups excluding carboxylic acids is 1. The van der Waals surface area contributed by atoms with E-state index in [-0.39, 0.29) is 11.8 Å². The molecule has 0 aliphatic rings. The Balaban J connectivity index is 0.000000281. The van der Waals surface area contributed by atoms with E-state index in [1.54, 1.807) is 19.1 Å². The Hall–Kier alpha value is -1.38. The Labute approximate surface area is 96.4 Å². The minimum atomic E-state index is -0.182. The molecule has 0 spiro atoms. The van der Waals surface area contributed by atoms with Crippen LogP contribution in [-0.4, -0.2) is 12.6 Å². The molecule has 0 unspecified atom stereocenters. The summed E-state index contributed by atoms with van der Waals surface area (Å²) < 4.78 is 17.0. The zero-order valence-electron chi connectivity index (χ0n) is 10.1. The van der Waals surface area contributed by atoms with Gasteiger partial charge < -0.3 is 4.74 Å². The largest absolute Gasteiger partial charge is 0.466 e. The maximum absolute atomic E-state index is 12.3. The zero-order valence-corrected chi connectivity index (χ0v) is 10.1. The van der Waals surface area contributed by atoms with E-state index in [4.69, 9.17) is 0 Å². The molecular formula is C13H19FO2. The molecule has 0 aromatic heterocycles. The second kappa shape index (κ2) is 8.89. The fourth-order valence-electron chi connectivity index (χ4n) is 0.911. The van der Waals surface area contributed by atoms with Gasteiger partial charge in [-0.25, -0.2) is 4.39 Å². The zero-order chi connectivity index (χ0) is 12.4. The third-order valence-electron chi connectivity index (χ3n) is 1.88. The molecule has 2 nitrogen and oxygen atoms in total. The summed E-state index contributed by atoms with van der Waals surface area (Å²) in [6.07, 6.45) is 2.05. The fraction of sp³-hybridized carbons (Fsp3) is 0.462. The topological polar surface area (TPSA) is 26.3 Å². The molecule has 1 rings (SSSR count). The quantitative estimate of drug-likeness (QED) is 0.582.